The number of aliphatic hydroxyl groups excluding tert-OH is 1. The highest BCUT2D eigenvalue weighted by Gasteiger charge is 2.35. The van der Waals surface area contributed by atoms with Gasteiger partial charge in [0.1, 0.15) is 5.82 Å². The third-order valence-corrected chi connectivity index (χ3v) is 5.49. The second-order valence-corrected chi connectivity index (χ2v) is 7.72. The molecule has 2 aromatic carbocycles. The van der Waals surface area contributed by atoms with Gasteiger partial charge in [0.2, 0.25) is 0 Å². The number of rotatable bonds is 5. The van der Waals surface area contributed by atoms with Gasteiger partial charge in [-0.15, -0.1) is 0 Å². The molecule has 10 heteroatoms. The van der Waals surface area contributed by atoms with Gasteiger partial charge in [0, 0.05) is 24.8 Å². The molecule has 3 heterocycles. The molecule has 0 bridgehead atoms. The van der Waals surface area contributed by atoms with Crippen molar-refractivity contribution >= 4 is 11.9 Å². The number of carbonyl (C=O) groups excluding carboxylic acids is 1. The zero-order valence-electron chi connectivity index (χ0n) is 17.4. The van der Waals surface area contributed by atoms with Crippen molar-refractivity contribution in [1.29, 1.82) is 0 Å². The minimum absolute atomic E-state index is 0.273. The molecule has 1 aliphatic rings. The van der Waals surface area contributed by atoms with Gasteiger partial charge in [0.05, 0.1) is 29.1 Å². The van der Waals surface area contributed by atoms with Gasteiger partial charge in [-0.3, -0.25) is 9.78 Å². The minimum Gasteiger partial charge on any atom is -0.389 e. The van der Waals surface area contributed by atoms with E-state index in [2.05, 4.69) is 25.8 Å². The number of hydrogen-bond donors (Lipinski definition) is 2. The number of aliphatic hydroxyl groups is 1. The molecule has 0 saturated carbocycles. The summed E-state index contributed by atoms with van der Waals surface area (Å²) < 4.78 is 15.0. The average Bonchev–Trinajstić information content (AvgIpc) is 3.47. The Kier molecular flexibility index (Phi) is 5.49. The van der Waals surface area contributed by atoms with E-state index < -0.39 is 12.1 Å². The van der Waals surface area contributed by atoms with E-state index in [1.54, 1.807) is 28.9 Å². The second-order valence-electron chi connectivity index (χ2n) is 7.72. The van der Waals surface area contributed by atoms with E-state index in [0.29, 0.717) is 29.3 Å². The van der Waals surface area contributed by atoms with Gasteiger partial charge in [-0.05, 0) is 46.8 Å². The summed E-state index contributed by atoms with van der Waals surface area (Å²) in [6.45, 7) is 0.615. The summed E-state index contributed by atoms with van der Waals surface area (Å²) in [7, 11) is 0. The summed E-state index contributed by atoms with van der Waals surface area (Å²) in [5.41, 5.74) is 2.32. The molecule has 166 valence electrons. The number of benzene rings is 2. The number of tetrazole rings is 1. The van der Waals surface area contributed by atoms with Crippen molar-refractivity contribution in [3.05, 3.63) is 84.3 Å². The highest BCUT2D eigenvalue weighted by atomic mass is 19.1. The Labute approximate surface area is 188 Å². The molecule has 0 unspecified atom stereocenters. The van der Waals surface area contributed by atoms with Crippen LogP contribution in [-0.2, 0) is 0 Å². The molecule has 33 heavy (non-hydrogen) atoms. The maximum absolute atomic E-state index is 13.4. The number of nitrogens with zero attached hydrogens (tertiary/aromatic N) is 6. The molecule has 1 amide bonds. The topological polar surface area (TPSA) is 109 Å². The Hall–Kier alpha value is -4.18. The van der Waals surface area contributed by atoms with Crippen LogP contribution in [0.5, 0.6) is 0 Å². The van der Waals surface area contributed by atoms with Crippen molar-refractivity contribution in [2.45, 2.75) is 12.1 Å². The third-order valence-electron chi connectivity index (χ3n) is 5.49. The van der Waals surface area contributed by atoms with E-state index in [-0.39, 0.29) is 18.3 Å². The summed E-state index contributed by atoms with van der Waals surface area (Å²) in [5, 5.41) is 25.3. The van der Waals surface area contributed by atoms with Crippen LogP contribution in [0.15, 0.2) is 72.9 Å². The monoisotopic (exact) mass is 445 g/mol. The Bertz CT molecular complexity index is 1260. The van der Waals surface area contributed by atoms with Crippen LogP contribution in [0.3, 0.4) is 0 Å². The van der Waals surface area contributed by atoms with E-state index in [9.17, 15) is 14.3 Å². The molecule has 1 saturated heterocycles. The predicted molar refractivity (Wildman–Crippen MR) is 118 cm³/mol. The molecule has 2 atom stereocenters. The Morgan fingerprint density at radius 2 is 1.91 bits per heavy atom. The molecule has 0 spiro atoms. The fraction of sp³-hybridized carbons (Fsp3) is 0.174. The first-order valence-corrected chi connectivity index (χ1v) is 10.4. The summed E-state index contributed by atoms with van der Waals surface area (Å²) in [6.07, 6.45) is 0.638. The van der Waals surface area contributed by atoms with Gasteiger partial charge < -0.3 is 15.3 Å². The smallest absolute Gasteiger partial charge is 0.253 e. The van der Waals surface area contributed by atoms with Crippen molar-refractivity contribution < 1.29 is 14.3 Å². The van der Waals surface area contributed by atoms with Crippen molar-refractivity contribution in [3.63, 3.8) is 0 Å². The highest BCUT2D eigenvalue weighted by molar-refractivity contribution is 5.94. The first kappa shape index (κ1) is 20.7. The zero-order chi connectivity index (χ0) is 22.8. The normalized spacial score (nSPS) is 17.8. The lowest BCUT2D eigenvalue weighted by molar-refractivity contribution is 0.0888. The zero-order valence-corrected chi connectivity index (χ0v) is 17.4. The van der Waals surface area contributed by atoms with Crippen LogP contribution in [-0.4, -0.2) is 61.4 Å². The van der Waals surface area contributed by atoms with E-state index in [4.69, 9.17) is 0 Å². The van der Waals surface area contributed by atoms with Gasteiger partial charge in [0.25, 0.3) is 11.9 Å². The van der Waals surface area contributed by atoms with Crippen LogP contribution in [0.2, 0.25) is 0 Å². The van der Waals surface area contributed by atoms with Gasteiger partial charge in [-0.2, -0.15) is 4.68 Å². The molecule has 0 aliphatic carbocycles. The number of halogens is 1. The fourth-order valence-electron chi connectivity index (χ4n) is 3.81. The van der Waals surface area contributed by atoms with Crippen molar-refractivity contribution in [3.8, 4) is 16.9 Å². The first-order chi connectivity index (χ1) is 16.1. The van der Waals surface area contributed by atoms with Gasteiger partial charge in [-0.1, -0.05) is 35.4 Å². The molecule has 1 fully saturated rings. The minimum atomic E-state index is -0.797. The summed E-state index contributed by atoms with van der Waals surface area (Å²) in [4.78, 5) is 18.8. The van der Waals surface area contributed by atoms with Gasteiger partial charge >= 0.3 is 0 Å². The molecule has 4 aromatic rings. The third kappa shape index (κ3) is 4.28. The average molecular weight is 445 g/mol. The molecule has 0 radical (unpaired) electrons. The standard InChI is InChI=1S/C23H20FN7O2/c24-17-6-4-5-15(11-17)19-10-9-16(12-25-19)22(33)26-20-13-30(14-21(20)32)23-27-28-29-31(23)18-7-2-1-3-8-18/h1-12,20-21,32H,13-14H2,(H,26,33)/t20-,21-/m1/s1. The summed E-state index contributed by atoms with van der Waals surface area (Å²) in [6, 6.07) is 18.3. The number of anilines is 1. The lowest BCUT2D eigenvalue weighted by Gasteiger charge is -2.17. The Morgan fingerprint density at radius 1 is 1.06 bits per heavy atom. The van der Waals surface area contributed by atoms with Crippen LogP contribution in [0.25, 0.3) is 16.9 Å². The van der Waals surface area contributed by atoms with Crippen LogP contribution in [0.1, 0.15) is 10.4 Å². The van der Waals surface area contributed by atoms with Crippen LogP contribution >= 0.6 is 0 Å². The van der Waals surface area contributed by atoms with E-state index in [1.165, 1.54) is 18.3 Å². The molecule has 9 nitrogen and oxygen atoms in total. The first-order valence-electron chi connectivity index (χ1n) is 10.4. The number of pyridine rings is 1. The lowest BCUT2D eigenvalue weighted by Crippen LogP contribution is -2.42. The number of nitrogens with one attached hydrogen (secondary N) is 1. The highest BCUT2D eigenvalue weighted by Crippen LogP contribution is 2.21. The lowest BCUT2D eigenvalue weighted by atomic mass is 10.1. The van der Waals surface area contributed by atoms with Crippen LogP contribution in [0.4, 0.5) is 10.3 Å². The maximum atomic E-state index is 13.4. The molecule has 2 N–H and O–H groups in total. The molecular formula is C23H20FN7O2. The van der Waals surface area contributed by atoms with Crippen molar-refractivity contribution in [1.82, 2.24) is 30.5 Å². The Balaban J connectivity index is 1.27. The molecule has 1 aliphatic heterocycles. The maximum Gasteiger partial charge on any atom is 0.253 e. The number of β-amino-alcohol motifs (C(OH)–C–C–N with tert-alkyl or cyclic N) is 1. The van der Waals surface area contributed by atoms with E-state index in [1.807, 2.05) is 35.2 Å². The number of para-hydroxylation sites is 1. The number of amides is 1. The second kappa shape index (κ2) is 8.75. The van der Waals surface area contributed by atoms with Crippen molar-refractivity contribution in [2.75, 3.05) is 18.0 Å². The number of hydrogen-bond acceptors (Lipinski definition) is 7. The largest absolute Gasteiger partial charge is 0.389 e. The van der Waals surface area contributed by atoms with Crippen molar-refractivity contribution in [2.24, 2.45) is 0 Å². The summed E-state index contributed by atoms with van der Waals surface area (Å²) in [5.74, 6) is -0.228. The molecule has 5 rings (SSSR count). The SMILES string of the molecule is O=C(N[C@@H]1CN(c2nnnn2-c2ccccc2)C[C@H]1O)c1ccc(-c2cccc(F)c2)nc1. The molecule has 2 aromatic heterocycles. The van der Waals surface area contributed by atoms with E-state index in [0.717, 1.165) is 5.69 Å². The van der Waals surface area contributed by atoms with Crippen LogP contribution in [0, 0.1) is 5.82 Å². The number of carbonyl (C=O) groups is 1. The molecular weight excluding hydrogens is 425 g/mol. The van der Waals surface area contributed by atoms with E-state index >= 15 is 0 Å². The quantitative estimate of drug-likeness (QED) is 0.483. The summed E-state index contributed by atoms with van der Waals surface area (Å²) >= 11 is 0. The van der Waals surface area contributed by atoms with Gasteiger partial charge in [-0.25, -0.2) is 4.39 Å². The fourth-order valence-corrected chi connectivity index (χ4v) is 3.81. The Morgan fingerprint density at radius 3 is 2.67 bits per heavy atom. The number of aromatic nitrogens is 5. The predicted octanol–water partition coefficient (Wildman–Crippen LogP) is 1.84. The van der Waals surface area contributed by atoms with Crippen LogP contribution < -0.4 is 10.2 Å². The van der Waals surface area contributed by atoms with Gasteiger partial charge in [0.15, 0.2) is 0 Å².